The Bertz CT molecular complexity index is 455. The number of rotatable bonds is 5. The first-order valence-corrected chi connectivity index (χ1v) is 5.49. The monoisotopic (exact) mass is 232 g/mol. The summed E-state index contributed by atoms with van der Waals surface area (Å²) in [6, 6.07) is 9.77. The molecule has 90 valence electrons. The van der Waals surface area contributed by atoms with E-state index in [-0.39, 0.29) is 6.04 Å². The van der Waals surface area contributed by atoms with Gasteiger partial charge >= 0.3 is 0 Å². The predicted octanol–water partition coefficient (Wildman–Crippen LogP) is 1.03. The molecule has 0 spiro atoms. The molecule has 1 aromatic heterocycles. The molecule has 0 aliphatic rings. The van der Waals surface area contributed by atoms with Crippen molar-refractivity contribution in [1.29, 1.82) is 0 Å². The highest BCUT2D eigenvalue weighted by Gasteiger charge is 2.09. The summed E-state index contributed by atoms with van der Waals surface area (Å²) in [5, 5.41) is 8.11. The first kappa shape index (κ1) is 11.8. The van der Waals surface area contributed by atoms with Crippen molar-refractivity contribution in [3.05, 3.63) is 47.8 Å². The van der Waals surface area contributed by atoms with E-state index in [1.807, 2.05) is 30.3 Å². The van der Waals surface area contributed by atoms with E-state index in [1.54, 1.807) is 13.2 Å². The maximum atomic E-state index is 5.93. The zero-order valence-electron chi connectivity index (χ0n) is 9.78. The van der Waals surface area contributed by atoms with E-state index < -0.39 is 0 Å². The minimum absolute atomic E-state index is 0.229. The maximum Gasteiger partial charge on any atom is 0.102 e. The van der Waals surface area contributed by atoms with Gasteiger partial charge < -0.3 is 10.5 Å². The van der Waals surface area contributed by atoms with E-state index in [1.165, 1.54) is 4.80 Å². The van der Waals surface area contributed by atoms with E-state index in [4.69, 9.17) is 10.5 Å². The number of hydrogen-bond acceptors (Lipinski definition) is 4. The van der Waals surface area contributed by atoms with E-state index in [0.29, 0.717) is 13.2 Å². The standard InChI is InChI=1S/C12H16N4O/c1-16-14-7-12(15-16)11(13)9-17-8-10-5-3-2-4-6-10/h2-7,11H,8-9,13H2,1H3. The molecule has 0 saturated heterocycles. The van der Waals surface area contributed by atoms with Crippen LogP contribution in [0.15, 0.2) is 36.5 Å². The first-order valence-electron chi connectivity index (χ1n) is 5.49. The highest BCUT2D eigenvalue weighted by atomic mass is 16.5. The van der Waals surface area contributed by atoms with Crippen LogP contribution in [0.5, 0.6) is 0 Å². The van der Waals surface area contributed by atoms with Crippen LogP contribution in [0, 0.1) is 0 Å². The molecule has 0 bridgehead atoms. The van der Waals surface area contributed by atoms with Crippen LogP contribution in [0.1, 0.15) is 17.3 Å². The Labute approximate surface area is 100 Å². The van der Waals surface area contributed by atoms with Crippen molar-refractivity contribution in [2.45, 2.75) is 12.6 Å². The van der Waals surface area contributed by atoms with E-state index in [2.05, 4.69) is 10.2 Å². The van der Waals surface area contributed by atoms with Crippen molar-refractivity contribution in [3.63, 3.8) is 0 Å². The smallest absolute Gasteiger partial charge is 0.102 e. The summed E-state index contributed by atoms with van der Waals surface area (Å²) < 4.78 is 5.54. The van der Waals surface area contributed by atoms with Gasteiger partial charge in [-0.2, -0.15) is 15.0 Å². The van der Waals surface area contributed by atoms with E-state index >= 15 is 0 Å². The van der Waals surface area contributed by atoms with Crippen molar-refractivity contribution in [1.82, 2.24) is 15.0 Å². The van der Waals surface area contributed by atoms with Crippen LogP contribution in [0.3, 0.4) is 0 Å². The summed E-state index contributed by atoms with van der Waals surface area (Å²) in [4.78, 5) is 1.49. The summed E-state index contributed by atoms with van der Waals surface area (Å²) in [6.07, 6.45) is 1.66. The van der Waals surface area contributed by atoms with Gasteiger partial charge in [0.1, 0.15) is 5.69 Å². The molecule has 0 aliphatic carbocycles. The molecule has 2 N–H and O–H groups in total. The summed E-state index contributed by atoms with van der Waals surface area (Å²) in [7, 11) is 1.76. The quantitative estimate of drug-likeness (QED) is 0.836. The second-order valence-electron chi connectivity index (χ2n) is 3.87. The van der Waals surface area contributed by atoms with Gasteiger partial charge in [-0.3, -0.25) is 0 Å². The number of nitrogens with two attached hydrogens (primary N) is 1. The molecule has 0 fully saturated rings. The summed E-state index contributed by atoms with van der Waals surface area (Å²) >= 11 is 0. The lowest BCUT2D eigenvalue weighted by Crippen LogP contribution is -2.18. The molecule has 0 saturated carbocycles. The van der Waals surface area contributed by atoms with Crippen molar-refractivity contribution in [3.8, 4) is 0 Å². The number of hydrogen-bond donors (Lipinski definition) is 1. The molecular weight excluding hydrogens is 216 g/mol. The van der Waals surface area contributed by atoms with Crippen LogP contribution in [-0.2, 0) is 18.4 Å². The Balaban J connectivity index is 1.79. The summed E-state index contributed by atoms with van der Waals surface area (Å²) in [5.41, 5.74) is 7.82. The minimum atomic E-state index is -0.229. The Hall–Kier alpha value is -1.72. The second-order valence-corrected chi connectivity index (χ2v) is 3.87. The second kappa shape index (κ2) is 5.56. The number of nitrogens with zero attached hydrogens (tertiary/aromatic N) is 3. The number of aryl methyl sites for hydroxylation is 1. The van der Waals surface area contributed by atoms with Gasteiger partial charge in [0.2, 0.25) is 0 Å². The fraction of sp³-hybridized carbons (Fsp3) is 0.333. The number of aromatic nitrogens is 3. The van der Waals surface area contributed by atoms with Crippen LogP contribution in [-0.4, -0.2) is 21.6 Å². The average Bonchev–Trinajstić information content (AvgIpc) is 2.77. The summed E-state index contributed by atoms with van der Waals surface area (Å²) in [6.45, 7) is 1.00. The molecule has 2 rings (SSSR count). The molecule has 0 amide bonds. The molecule has 1 heterocycles. The molecule has 0 radical (unpaired) electrons. The third kappa shape index (κ3) is 3.37. The van der Waals surface area contributed by atoms with Crippen molar-refractivity contribution < 1.29 is 4.74 Å². The lowest BCUT2D eigenvalue weighted by atomic mass is 10.2. The van der Waals surface area contributed by atoms with Gasteiger partial charge in [0.05, 0.1) is 25.5 Å². The molecule has 2 aromatic rings. The van der Waals surface area contributed by atoms with Gasteiger partial charge in [-0.05, 0) is 5.56 Å². The van der Waals surface area contributed by atoms with Crippen LogP contribution in [0.2, 0.25) is 0 Å². The highest BCUT2D eigenvalue weighted by Crippen LogP contribution is 2.07. The topological polar surface area (TPSA) is 66.0 Å². The molecule has 0 aliphatic heterocycles. The van der Waals surface area contributed by atoms with Gasteiger partial charge in [0, 0.05) is 7.05 Å². The van der Waals surface area contributed by atoms with Gasteiger partial charge in [-0.15, -0.1) is 0 Å². The van der Waals surface area contributed by atoms with Crippen molar-refractivity contribution >= 4 is 0 Å². The Kier molecular flexibility index (Phi) is 3.85. The van der Waals surface area contributed by atoms with Gasteiger partial charge in [-0.1, -0.05) is 30.3 Å². The highest BCUT2D eigenvalue weighted by molar-refractivity contribution is 5.13. The van der Waals surface area contributed by atoms with Gasteiger partial charge in [0.25, 0.3) is 0 Å². The van der Waals surface area contributed by atoms with Crippen LogP contribution >= 0.6 is 0 Å². The third-order valence-corrected chi connectivity index (χ3v) is 2.41. The van der Waals surface area contributed by atoms with E-state index in [0.717, 1.165) is 11.3 Å². The zero-order chi connectivity index (χ0) is 12.1. The molecule has 1 atom stereocenters. The lowest BCUT2D eigenvalue weighted by molar-refractivity contribution is 0.107. The fourth-order valence-corrected chi connectivity index (χ4v) is 1.49. The molecular formula is C12H16N4O. The van der Waals surface area contributed by atoms with Crippen LogP contribution in [0.25, 0.3) is 0 Å². The molecule has 5 heteroatoms. The van der Waals surface area contributed by atoms with Gasteiger partial charge in [-0.25, -0.2) is 0 Å². The fourth-order valence-electron chi connectivity index (χ4n) is 1.49. The zero-order valence-corrected chi connectivity index (χ0v) is 9.78. The number of benzene rings is 1. The first-order chi connectivity index (χ1) is 8.25. The molecule has 1 aromatic carbocycles. The van der Waals surface area contributed by atoms with Crippen molar-refractivity contribution in [2.75, 3.05) is 6.61 Å². The Morgan fingerprint density at radius 1 is 1.35 bits per heavy atom. The predicted molar refractivity (Wildman–Crippen MR) is 64.0 cm³/mol. The maximum absolute atomic E-state index is 5.93. The number of ether oxygens (including phenoxy) is 1. The van der Waals surface area contributed by atoms with Crippen LogP contribution < -0.4 is 5.73 Å². The minimum Gasteiger partial charge on any atom is -0.375 e. The Morgan fingerprint density at radius 3 is 2.76 bits per heavy atom. The van der Waals surface area contributed by atoms with Crippen LogP contribution in [0.4, 0.5) is 0 Å². The average molecular weight is 232 g/mol. The SMILES string of the molecule is Cn1ncc(C(N)COCc2ccccc2)n1. The van der Waals surface area contributed by atoms with Crippen molar-refractivity contribution in [2.24, 2.45) is 12.8 Å². The summed E-state index contributed by atoms with van der Waals surface area (Å²) in [5.74, 6) is 0. The van der Waals surface area contributed by atoms with Gasteiger partial charge in [0.15, 0.2) is 0 Å². The normalized spacial score (nSPS) is 12.6. The lowest BCUT2D eigenvalue weighted by Gasteiger charge is -2.09. The van der Waals surface area contributed by atoms with E-state index in [9.17, 15) is 0 Å². The molecule has 17 heavy (non-hydrogen) atoms. The third-order valence-electron chi connectivity index (χ3n) is 2.41. The molecule has 5 nitrogen and oxygen atoms in total. The Morgan fingerprint density at radius 2 is 2.12 bits per heavy atom. The largest absolute Gasteiger partial charge is 0.375 e. The molecule has 1 unspecified atom stereocenters.